The van der Waals surface area contributed by atoms with Gasteiger partial charge in [0, 0.05) is 26.7 Å². The van der Waals surface area contributed by atoms with Crippen molar-refractivity contribution in [2.75, 3.05) is 18.5 Å². The maximum atomic E-state index is 5.68. The van der Waals surface area contributed by atoms with Crippen LogP contribution in [-0.4, -0.2) is 29.2 Å². The summed E-state index contributed by atoms with van der Waals surface area (Å²) < 4.78 is 2.10. The first kappa shape index (κ1) is 11.0. The maximum Gasteiger partial charge on any atom is 0.206 e. The van der Waals surface area contributed by atoms with Gasteiger partial charge in [-0.3, -0.25) is 0 Å². The van der Waals surface area contributed by atoms with E-state index in [2.05, 4.69) is 27.4 Å². The molecule has 0 aliphatic carbocycles. The first-order valence-electron chi connectivity index (χ1n) is 5.49. The van der Waals surface area contributed by atoms with Crippen molar-refractivity contribution in [3.05, 3.63) is 24.3 Å². The summed E-state index contributed by atoms with van der Waals surface area (Å²) in [6, 6.07) is 8.42. The van der Waals surface area contributed by atoms with Gasteiger partial charge < -0.3 is 15.2 Å². The minimum Gasteiger partial charge on any atom is -0.341 e. The molecule has 0 bridgehead atoms. The molecule has 2 N–H and O–H groups in total. The van der Waals surface area contributed by atoms with Crippen LogP contribution >= 0.6 is 0 Å². The van der Waals surface area contributed by atoms with Crippen LogP contribution in [0.5, 0.6) is 0 Å². The molecule has 1 atom stereocenters. The van der Waals surface area contributed by atoms with E-state index in [1.54, 1.807) is 0 Å². The lowest BCUT2D eigenvalue weighted by molar-refractivity contribution is 0.666. The average molecular weight is 218 g/mol. The van der Waals surface area contributed by atoms with Gasteiger partial charge in [-0.05, 0) is 19.1 Å². The van der Waals surface area contributed by atoms with Crippen molar-refractivity contribution >= 4 is 17.0 Å². The molecule has 0 radical (unpaired) electrons. The first-order valence-corrected chi connectivity index (χ1v) is 5.49. The van der Waals surface area contributed by atoms with Gasteiger partial charge >= 0.3 is 0 Å². The molecule has 1 heterocycles. The summed E-state index contributed by atoms with van der Waals surface area (Å²) in [6.45, 7) is 2.72. The van der Waals surface area contributed by atoms with Gasteiger partial charge in [0.2, 0.25) is 5.95 Å². The number of para-hydroxylation sites is 2. The number of benzene rings is 1. The Morgan fingerprint density at radius 2 is 2.12 bits per heavy atom. The Hall–Kier alpha value is -1.55. The van der Waals surface area contributed by atoms with Gasteiger partial charge in [-0.25, -0.2) is 4.98 Å². The van der Waals surface area contributed by atoms with E-state index < -0.39 is 0 Å². The van der Waals surface area contributed by atoms with Crippen molar-refractivity contribution < 1.29 is 0 Å². The number of hydrogen-bond acceptors (Lipinski definition) is 3. The molecule has 2 aromatic rings. The topological polar surface area (TPSA) is 47.1 Å². The molecule has 1 aromatic carbocycles. The third-order valence-electron chi connectivity index (χ3n) is 3.08. The normalized spacial score (nSPS) is 13.0. The number of hydrogen-bond donors (Lipinski definition) is 1. The summed E-state index contributed by atoms with van der Waals surface area (Å²) in [4.78, 5) is 6.73. The highest BCUT2D eigenvalue weighted by Crippen LogP contribution is 2.20. The number of fused-ring (bicyclic) bond motifs is 1. The molecule has 1 unspecified atom stereocenters. The number of anilines is 1. The van der Waals surface area contributed by atoms with E-state index in [9.17, 15) is 0 Å². The first-order chi connectivity index (χ1) is 7.65. The van der Waals surface area contributed by atoms with Crippen LogP contribution in [0.15, 0.2) is 24.3 Å². The van der Waals surface area contributed by atoms with E-state index in [1.807, 2.05) is 32.3 Å². The Balaban J connectivity index is 2.49. The number of aryl methyl sites for hydroxylation is 1. The van der Waals surface area contributed by atoms with Gasteiger partial charge in [-0.1, -0.05) is 12.1 Å². The molecular weight excluding hydrogens is 200 g/mol. The van der Waals surface area contributed by atoms with Gasteiger partial charge in [-0.2, -0.15) is 0 Å². The van der Waals surface area contributed by atoms with E-state index in [0.717, 1.165) is 17.0 Å². The highest BCUT2D eigenvalue weighted by atomic mass is 15.3. The zero-order valence-corrected chi connectivity index (χ0v) is 10.0. The largest absolute Gasteiger partial charge is 0.341 e. The van der Waals surface area contributed by atoms with Crippen molar-refractivity contribution in [1.82, 2.24) is 9.55 Å². The van der Waals surface area contributed by atoms with Crippen molar-refractivity contribution in [2.24, 2.45) is 12.8 Å². The van der Waals surface area contributed by atoms with Crippen LogP contribution in [0.2, 0.25) is 0 Å². The summed E-state index contributed by atoms with van der Waals surface area (Å²) in [7, 11) is 4.06. The van der Waals surface area contributed by atoms with Crippen molar-refractivity contribution in [1.29, 1.82) is 0 Å². The van der Waals surface area contributed by atoms with Crippen LogP contribution in [-0.2, 0) is 7.05 Å². The number of imidazole rings is 1. The number of likely N-dealkylation sites (N-methyl/N-ethyl adjacent to an activating group) is 1. The lowest BCUT2D eigenvalue weighted by Crippen LogP contribution is -2.36. The zero-order chi connectivity index (χ0) is 11.7. The van der Waals surface area contributed by atoms with Crippen LogP contribution in [0.25, 0.3) is 11.0 Å². The van der Waals surface area contributed by atoms with Crippen molar-refractivity contribution in [2.45, 2.75) is 13.0 Å². The van der Waals surface area contributed by atoms with Crippen LogP contribution in [0.3, 0.4) is 0 Å². The fourth-order valence-electron chi connectivity index (χ4n) is 1.80. The second kappa shape index (κ2) is 4.14. The molecule has 2 rings (SSSR count). The molecule has 4 nitrogen and oxygen atoms in total. The standard InChI is InChI=1S/C12H18N4/c1-9(8-13)15(2)12-14-10-6-4-5-7-11(10)16(12)3/h4-7,9H,8,13H2,1-3H3. The highest BCUT2D eigenvalue weighted by molar-refractivity contribution is 5.78. The fraction of sp³-hybridized carbons (Fsp3) is 0.417. The molecule has 0 spiro atoms. The van der Waals surface area contributed by atoms with Gasteiger partial charge in [0.25, 0.3) is 0 Å². The van der Waals surface area contributed by atoms with E-state index in [0.29, 0.717) is 6.54 Å². The van der Waals surface area contributed by atoms with E-state index >= 15 is 0 Å². The Morgan fingerprint density at radius 1 is 1.44 bits per heavy atom. The van der Waals surface area contributed by atoms with E-state index in [4.69, 9.17) is 5.73 Å². The Morgan fingerprint density at radius 3 is 2.75 bits per heavy atom. The van der Waals surface area contributed by atoms with Crippen molar-refractivity contribution in [3.8, 4) is 0 Å². The molecule has 0 fully saturated rings. The van der Waals surface area contributed by atoms with E-state index in [-0.39, 0.29) is 6.04 Å². The molecule has 4 heteroatoms. The Labute approximate surface area is 95.7 Å². The smallest absolute Gasteiger partial charge is 0.206 e. The van der Waals surface area contributed by atoms with E-state index in [1.165, 1.54) is 0 Å². The summed E-state index contributed by atoms with van der Waals surface area (Å²) in [5, 5.41) is 0. The third kappa shape index (κ3) is 1.65. The second-order valence-corrected chi connectivity index (χ2v) is 4.16. The summed E-state index contributed by atoms with van der Waals surface area (Å²) in [6.07, 6.45) is 0. The lowest BCUT2D eigenvalue weighted by Gasteiger charge is -2.24. The minimum atomic E-state index is 0.288. The van der Waals surface area contributed by atoms with Gasteiger partial charge in [-0.15, -0.1) is 0 Å². The third-order valence-corrected chi connectivity index (χ3v) is 3.08. The number of rotatable bonds is 3. The number of nitrogens with zero attached hydrogens (tertiary/aromatic N) is 3. The van der Waals surface area contributed by atoms with Gasteiger partial charge in [0.1, 0.15) is 0 Å². The summed E-state index contributed by atoms with van der Waals surface area (Å²) in [5.74, 6) is 0.958. The second-order valence-electron chi connectivity index (χ2n) is 4.16. The maximum absolute atomic E-state index is 5.68. The molecule has 0 amide bonds. The molecule has 86 valence electrons. The van der Waals surface area contributed by atoms with Gasteiger partial charge in [0.05, 0.1) is 11.0 Å². The molecule has 0 saturated heterocycles. The molecule has 0 aliphatic heterocycles. The minimum absolute atomic E-state index is 0.288. The van der Waals surface area contributed by atoms with Gasteiger partial charge in [0.15, 0.2) is 0 Å². The number of aromatic nitrogens is 2. The highest BCUT2D eigenvalue weighted by Gasteiger charge is 2.14. The fourth-order valence-corrected chi connectivity index (χ4v) is 1.80. The quantitative estimate of drug-likeness (QED) is 0.846. The van der Waals surface area contributed by atoms with Crippen LogP contribution in [0.1, 0.15) is 6.92 Å². The SMILES string of the molecule is CC(CN)N(C)c1nc2ccccc2n1C. The predicted molar refractivity (Wildman–Crippen MR) is 67.6 cm³/mol. The molecule has 1 aromatic heterocycles. The van der Waals surface area contributed by atoms with Crippen molar-refractivity contribution in [3.63, 3.8) is 0 Å². The summed E-state index contributed by atoms with van der Waals surface area (Å²) >= 11 is 0. The molecule has 0 aliphatic rings. The predicted octanol–water partition coefficient (Wildman–Crippen LogP) is 1.36. The zero-order valence-electron chi connectivity index (χ0n) is 10.0. The molecule has 0 saturated carbocycles. The van der Waals surface area contributed by atoms with Crippen LogP contribution in [0, 0.1) is 0 Å². The Kier molecular flexibility index (Phi) is 2.83. The lowest BCUT2D eigenvalue weighted by atomic mass is 10.3. The summed E-state index contributed by atoms with van der Waals surface area (Å²) in [5.41, 5.74) is 7.85. The molecule has 16 heavy (non-hydrogen) atoms. The Bertz CT molecular complexity index is 489. The van der Waals surface area contributed by atoms with Crippen LogP contribution < -0.4 is 10.6 Å². The number of nitrogens with two attached hydrogens (primary N) is 1. The monoisotopic (exact) mass is 218 g/mol. The average Bonchev–Trinajstić information content (AvgIpc) is 2.65. The molecular formula is C12H18N4. The van der Waals surface area contributed by atoms with Crippen LogP contribution in [0.4, 0.5) is 5.95 Å².